The minimum atomic E-state index is -0.742. The number of aliphatic carboxylic acids is 1. The van der Waals surface area contributed by atoms with Crippen LogP contribution in [0.4, 0.5) is 0 Å². The van der Waals surface area contributed by atoms with Crippen molar-refractivity contribution in [2.75, 3.05) is 6.54 Å². The number of carboxylic acid groups (broad SMARTS) is 1. The quantitative estimate of drug-likeness (QED) is 0.612. The normalized spacial score (nSPS) is 13.6. The average molecular weight is 145 g/mol. The van der Waals surface area contributed by atoms with E-state index in [1.165, 1.54) is 0 Å². The summed E-state index contributed by atoms with van der Waals surface area (Å²) in [7, 11) is 0. The SMILES string of the molecule is CC(C)NC[C@H](C)C(=O)O. The molecule has 0 saturated carbocycles. The van der Waals surface area contributed by atoms with E-state index in [2.05, 4.69) is 5.32 Å². The fourth-order valence-electron chi connectivity index (χ4n) is 0.500. The summed E-state index contributed by atoms with van der Waals surface area (Å²) in [6.45, 7) is 6.23. The van der Waals surface area contributed by atoms with E-state index >= 15 is 0 Å². The molecule has 10 heavy (non-hydrogen) atoms. The van der Waals surface area contributed by atoms with Gasteiger partial charge in [0.25, 0.3) is 0 Å². The Labute approximate surface area is 61.4 Å². The number of hydrogen-bond acceptors (Lipinski definition) is 2. The molecule has 0 unspecified atom stereocenters. The maximum atomic E-state index is 10.3. The Kier molecular flexibility index (Phi) is 4.03. The molecule has 60 valence electrons. The molecule has 0 amide bonds. The molecule has 1 atom stereocenters. The van der Waals surface area contributed by atoms with Crippen molar-refractivity contribution < 1.29 is 9.90 Å². The van der Waals surface area contributed by atoms with E-state index in [1.807, 2.05) is 13.8 Å². The lowest BCUT2D eigenvalue weighted by atomic mass is 10.2. The number of carbonyl (C=O) groups is 1. The van der Waals surface area contributed by atoms with Crippen molar-refractivity contribution in [2.45, 2.75) is 26.8 Å². The van der Waals surface area contributed by atoms with Crippen molar-refractivity contribution in [1.29, 1.82) is 0 Å². The van der Waals surface area contributed by atoms with Crippen molar-refractivity contribution in [1.82, 2.24) is 5.32 Å². The van der Waals surface area contributed by atoms with Crippen LogP contribution in [0.1, 0.15) is 20.8 Å². The Hall–Kier alpha value is -0.570. The molecular formula is C7H15NO2. The Morgan fingerprint density at radius 3 is 2.30 bits per heavy atom. The van der Waals surface area contributed by atoms with Gasteiger partial charge in [-0.05, 0) is 0 Å². The zero-order valence-corrected chi connectivity index (χ0v) is 6.72. The van der Waals surface area contributed by atoms with Crippen LogP contribution in [0.15, 0.2) is 0 Å². The predicted molar refractivity (Wildman–Crippen MR) is 39.9 cm³/mol. The molecule has 3 nitrogen and oxygen atoms in total. The molecule has 2 N–H and O–H groups in total. The summed E-state index contributed by atoms with van der Waals surface area (Å²) in [6.07, 6.45) is 0. The first-order valence-electron chi connectivity index (χ1n) is 3.50. The van der Waals surface area contributed by atoms with Gasteiger partial charge in [-0.1, -0.05) is 20.8 Å². The fraction of sp³-hybridized carbons (Fsp3) is 0.857. The molecule has 0 radical (unpaired) electrons. The Morgan fingerprint density at radius 1 is 1.50 bits per heavy atom. The zero-order chi connectivity index (χ0) is 8.15. The minimum absolute atomic E-state index is 0.289. The van der Waals surface area contributed by atoms with Gasteiger partial charge in [-0.15, -0.1) is 0 Å². The summed E-state index contributed by atoms with van der Waals surface area (Å²) in [5, 5.41) is 11.5. The molecule has 0 aliphatic rings. The van der Waals surface area contributed by atoms with Gasteiger partial charge in [-0.2, -0.15) is 0 Å². The largest absolute Gasteiger partial charge is 0.481 e. The smallest absolute Gasteiger partial charge is 0.307 e. The molecule has 0 rings (SSSR count). The van der Waals surface area contributed by atoms with Crippen LogP contribution in [-0.4, -0.2) is 23.7 Å². The summed E-state index contributed by atoms with van der Waals surface area (Å²) in [6, 6.07) is 0.363. The van der Waals surface area contributed by atoms with Gasteiger partial charge in [0.2, 0.25) is 0 Å². The van der Waals surface area contributed by atoms with Crippen LogP contribution in [0.25, 0.3) is 0 Å². The van der Waals surface area contributed by atoms with Crippen molar-refractivity contribution in [3.63, 3.8) is 0 Å². The van der Waals surface area contributed by atoms with Gasteiger partial charge in [-0.3, -0.25) is 4.79 Å². The number of nitrogens with one attached hydrogen (secondary N) is 1. The fourth-order valence-corrected chi connectivity index (χ4v) is 0.500. The second-order valence-corrected chi connectivity index (χ2v) is 2.80. The second-order valence-electron chi connectivity index (χ2n) is 2.80. The van der Waals surface area contributed by atoms with E-state index in [9.17, 15) is 4.79 Å². The van der Waals surface area contributed by atoms with E-state index < -0.39 is 5.97 Å². The third-order valence-corrected chi connectivity index (χ3v) is 1.25. The summed E-state index contributed by atoms with van der Waals surface area (Å²) < 4.78 is 0. The molecule has 0 bridgehead atoms. The summed E-state index contributed by atoms with van der Waals surface area (Å²) in [5.41, 5.74) is 0. The summed E-state index contributed by atoms with van der Waals surface area (Å²) in [5.74, 6) is -1.03. The molecule has 0 fully saturated rings. The maximum Gasteiger partial charge on any atom is 0.307 e. The van der Waals surface area contributed by atoms with Crippen LogP contribution in [0.2, 0.25) is 0 Å². The molecule has 0 spiro atoms. The van der Waals surface area contributed by atoms with E-state index in [-0.39, 0.29) is 5.92 Å². The van der Waals surface area contributed by atoms with Gasteiger partial charge in [0, 0.05) is 12.6 Å². The molecule has 0 aromatic carbocycles. The van der Waals surface area contributed by atoms with E-state index in [0.717, 1.165) is 0 Å². The monoisotopic (exact) mass is 145 g/mol. The zero-order valence-electron chi connectivity index (χ0n) is 6.72. The van der Waals surface area contributed by atoms with E-state index in [4.69, 9.17) is 5.11 Å². The molecule has 0 aromatic rings. The Bertz CT molecular complexity index is 112. The van der Waals surface area contributed by atoms with Gasteiger partial charge < -0.3 is 10.4 Å². The van der Waals surface area contributed by atoms with Crippen LogP contribution in [0.5, 0.6) is 0 Å². The van der Waals surface area contributed by atoms with Gasteiger partial charge in [-0.25, -0.2) is 0 Å². The highest BCUT2D eigenvalue weighted by atomic mass is 16.4. The van der Waals surface area contributed by atoms with Crippen LogP contribution in [-0.2, 0) is 4.79 Å². The van der Waals surface area contributed by atoms with Crippen molar-refractivity contribution in [3.8, 4) is 0 Å². The lowest BCUT2D eigenvalue weighted by Crippen LogP contribution is -2.31. The highest BCUT2D eigenvalue weighted by molar-refractivity contribution is 5.69. The highest BCUT2D eigenvalue weighted by Crippen LogP contribution is 1.91. The first kappa shape index (κ1) is 9.43. The molecule has 0 aromatic heterocycles. The third kappa shape index (κ3) is 4.32. The average Bonchev–Trinajstić information content (AvgIpc) is 1.82. The topological polar surface area (TPSA) is 49.3 Å². The summed E-state index contributed by atoms with van der Waals surface area (Å²) in [4.78, 5) is 10.3. The maximum absolute atomic E-state index is 10.3. The predicted octanol–water partition coefficient (Wildman–Crippen LogP) is 0.705. The van der Waals surface area contributed by atoms with Crippen molar-refractivity contribution in [3.05, 3.63) is 0 Å². The van der Waals surface area contributed by atoms with Crippen LogP contribution in [0, 0.1) is 5.92 Å². The standard InChI is InChI=1S/C7H15NO2/c1-5(2)8-4-6(3)7(9)10/h5-6,8H,4H2,1-3H3,(H,9,10)/t6-/m0/s1. The second kappa shape index (κ2) is 4.28. The Balaban J connectivity index is 3.40. The first-order valence-corrected chi connectivity index (χ1v) is 3.50. The van der Waals surface area contributed by atoms with E-state index in [1.54, 1.807) is 6.92 Å². The lowest BCUT2D eigenvalue weighted by Gasteiger charge is -2.10. The minimum Gasteiger partial charge on any atom is -0.481 e. The van der Waals surface area contributed by atoms with Crippen LogP contribution in [0.3, 0.4) is 0 Å². The molecule has 3 heteroatoms. The number of rotatable bonds is 4. The summed E-state index contributed by atoms with van der Waals surface area (Å²) >= 11 is 0. The number of hydrogen-bond donors (Lipinski definition) is 2. The Morgan fingerprint density at radius 2 is 2.00 bits per heavy atom. The van der Waals surface area contributed by atoms with Gasteiger partial charge in [0.1, 0.15) is 0 Å². The van der Waals surface area contributed by atoms with Gasteiger partial charge >= 0.3 is 5.97 Å². The number of carboxylic acids is 1. The first-order chi connectivity index (χ1) is 4.54. The molecule has 0 heterocycles. The van der Waals surface area contributed by atoms with Crippen molar-refractivity contribution >= 4 is 5.97 Å². The van der Waals surface area contributed by atoms with Gasteiger partial charge in [0.15, 0.2) is 0 Å². The molecule has 0 aliphatic heterocycles. The van der Waals surface area contributed by atoms with Gasteiger partial charge in [0.05, 0.1) is 5.92 Å². The highest BCUT2D eigenvalue weighted by Gasteiger charge is 2.09. The lowest BCUT2D eigenvalue weighted by molar-refractivity contribution is -0.140. The van der Waals surface area contributed by atoms with Crippen LogP contribution >= 0.6 is 0 Å². The van der Waals surface area contributed by atoms with Crippen molar-refractivity contribution in [2.24, 2.45) is 5.92 Å². The van der Waals surface area contributed by atoms with Crippen LogP contribution < -0.4 is 5.32 Å². The molecule has 0 aliphatic carbocycles. The van der Waals surface area contributed by atoms with E-state index in [0.29, 0.717) is 12.6 Å². The molecular weight excluding hydrogens is 130 g/mol. The molecule has 0 saturated heterocycles. The third-order valence-electron chi connectivity index (χ3n) is 1.25.